The van der Waals surface area contributed by atoms with Gasteiger partial charge in [0.1, 0.15) is 0 Å². The maximum absolute atomic E-state index is 2.33. The lowest BCUT2D eigenvalue weighted by Crippen LogP contribution is -3.00. The summed E-state index contributed by atoms with van der Waals surface area (Å²) in [6, 6.07) is 0. The van der Waals surface area contributed by atoms with Crippen LogP contribution in [0.3, 0.4) is 0 Å². The standard InChI is InChI=1S/C16H36N.C15H32S.ClH/c1-5-9-13-17(14-10-6-2,15-11-7-3)16-12-8-4;1-3-5-6-7-8-9-10-11-12-13-15-16-14-4-2;/h5-16H2,1-4H3;3-15H2,1-2H3;1H/q+1;;/p-1. The minimum Gasteiger partial charge on any atom is -1.00 e. The molecule has 0 unspecified atom stereocenters. The molecule has 0 rings (SSSR count). The first-order chi connectivity index (χ1) is 16.2. The molecule has 0 aromatic heterocycles. The van der Waals surface area contributed by atoms with Crippen LogP contribution in [-0.4, -0.2) is 42.2 Å². The minimum atomic E-state index is 0. The summed E-state index contributed by atoms with van der Waals surface area (Å²) in [6.45, 7) is 19.6. The van der Waals surface area contributed by atoms with Crippen LogP contribution in [0.1, 0.15) is 164 Å². The summed E-state index contributed by atoms with van der Waals surface area (Å²) in [5.41, 5.74) is 0. The summed E-state index contributed by atoms with van der Waals surface area (Å²) in [6.07, 6.45) is 27.0. The van der Waals surface area contributed by atoms with Crippen molar-refractivity contribution in [3.63, 3.8) is 0 Å². The molecule has 34 heavy (non-hydrogen) atoms. The zero-order chi connectivity index (χ0) is 24.9. The SMILES string of the molecule is CCCCCCCCCCCCSCCC.CCCC[N+](CCCC)(CCCC)CCCC.[Cl-]. The van der Waals surface area contributed by atoms with Gasteiger partial charge in [-0.1, -0.05) is 125 Å². The number of hydrogen-bond acceptors (Lipinski definition) is 1. The second-order valence-corrected chi connectivity index (χ2v) is 11.7. The van der Waals surface area contributed by atoms with E-state index >= 15 is 0 Å². The van der Waals surface area contributed by atoms with Gasteiger partial charge >= 0.3 is 0 Å². The van der Waals surface area contributed by atoms with Crippen molar-refractivity contribution in [2.45, 2.75) is 164 Å². The number of halogens is 1. The van der Waals surface area contributed by atoms with Gasteiger partial charge in [-0.3, -0.25) is 0 Å². The van der Waals surface area contributed by atoms with E-state index in [1.54, 1.807) is 0 Å². The lowest BCUT2D eigenvalue weighted by Gasteiger charge is -2.39. The van der Waals surface area contributed by atoms with Gasteiger partial charge in [0.2, 0.25) is 0 Å². The second kappa shape index (κ2) is 33.6. The van der Waals surface area contributed by atoms with Crippen LogP contribution < -0.4 is 12.4 Å². The Morgan fingerprint density at radius 3 is 1.00 bits per heavy atom. The third-order valence-electron chi connectivity index (χ3n) is 6.93. The topological polar surface area (TPSA) is 0 Å². The van der Waals surface area contributed by atoms with E-state index in [0.29, 0.717) is 0 Å². The fourth-order valence-corrected chi connectivity index (χ4v) is 5.48. The Bertz CT molecular complexity index is 286. The molecule has 0 aromatic carbocycles. The molecule has 210 valence electrons. The summed E-state index contributed by atoms with van der Waals surface area (Å²) in [5.74, 6) is 2.75. The van der Waals surface area contributed by atoms with Crippen molar-refractivity contribution in [1.82, 2.24) is 0 Å². The summed E-state index contributed by atoms with van der Waals surface area (Å²) in [4.78, 5) is 0. The smallest absolute Gasteiger partial charge is 0.0786 e. The fraction of sp³-hybridized carbons (Fsp3) is 1.00. The molecule has 3 heteroatoms. The van der Waals surface area contributed by atoms with Crippen molar-refractivity contribution in [1.29, 1.82) is 0 Å². The van der Waals surface area contributed by atoms with Crippen molar-refractivity contribution in [2.75, 3.05) is 37.7 Å². The maximum Gasteiger partial charge on any atom is 0.0786 e. The van der Waals surface area contributed by atoms with Gasteiger partial charge in [0.05, 0.1) is 26.2 Å². The van der Waals surface area contributed by atoms with Crippen molar-refractivity contribution < 1.29 is 16.9 Å². The summed E-state index contributed by atoms with van der Waals surface area (Å²) in [5, 5.41) is 0. The molecule has 0 spiro atoms. The fourth-order valence-electron chi connectivity index (χ4n) is 4.58. The van der Waals surface area contributed by atoms with Crippen molar-refractivity contribution >= 4 is 11.8 Å². The molecule has 0 aliphatic rings. The molecule has 1 nitrogen and oxygen atoms in total. The average Bonchev–Trinajstić information content (AvgIpc) is 2.84. The third-order valence-corrected chi connectivity index (χ3v) is 8.21. The largest absolute Gasteiger partial charge is 1.00 e. The Hall–Kier alpha value is 0.600. The van der Waals surface area contributed by atoms with Gasteiger partial charge < -0.3 is 16.9 Å². The van der Waals surface area contributed by atoms with Crippen molar-refractivity contribution in [2.24, 2.45) is 0 Å². The maximum atomic E-state index is 2.33. The van der Waals surface area contributed by atoms with Gasteiger partial charge in [-0.2, -0.15) is 11.8 Å². The first-order valence-electron chi connectivity index (χ1n) is 15.6. The predicted octanol–water partition coefficient (Wildman–Crippen LogP) is 8.06. The van der Waals surface area contributed by atoms with E-state index in [0.717, 1.165) is 0 Å². The third kappa shape index (κ3) is 28.8. The quantitative estimate of drug-likeness (QED) is 0.0864. The zero-order valence-corrected chi connectivity index (χ0v) is 26.5. The Labute approximate surface area is 229 Å². The van der Waals surface area contributed by atoms with E-state index in [-0.39, 0.29) is 12.4 Å². The Morgan fingerprint density at radius 1 is 0.353 bits per heavy atom. The number of hydrogen-bond donors (Lipinski definition) is 0. The van der Waals surface area contributed by atoms with E-state index < -0.39 is 0 Å². The highest BCUT2D eigenvalue weighted by Crippen LogP contribution is 2.16. The van der Waals surface area contributed by atoms with Gasteiger partial charge in [-0.15, -0.1) is 0 Å². The molecule has 0 saturated heterocycles. The van der Waals surface area contributed by atoms with Gasteiger partial charge in [0.15, 0.2) is 0 Å². The monoisotopic (exact) mass is 521 g/mol. The van der Waals surface area contributed by atoms with Crippen LogP contribution in [-0.2, 0) is 0 Å². The average molecular weight is 522 g/mol. The predicted molar refractivity (Wildman–Crippen MR) is 159 cm³/mol. The molecular formula is C31H68ClNS. The Morgan fingerprint density at radius 2 is 0.676 bits per heavy atom. The highest BCUT2D eigenvalue weighted by Gasteiger charge is 2.24. The van der Waals surface area contributed by atoms with Gasteiger partial charge in [-0.05, 0) is 50.0 Å². The zero-order valence-electron chi connectivity index (χ0n) is 24.9. The van der Waals surface area contributed by atoms with E-state index in [9.17, 15) is 0 Å². The van der Waals surface area contributed by atoms with Crippen molar-refractivity contribution in [3.05, 3.63) is 0 Å². The van der Waals surface area contributed by atoms with Crippen LogP contribution in [0.4, 0.5) is 0 Å². The van der Waals surface area contributed by atoms with Crippen LogP contribution in [0, 0.1) is 0 Å². The van der Waals surface area contributed by atoms with E-state index in [1.807, 2.05) is 0 Å². The van der Waals surface area contributed by atoms with E-state index in [2.05, 4.69) is 53.3 Å². The first-order valence-corrected chi connectivity index (χ1v) is 16.7. The molecule has 0 aromatic rings. The molecule has 0 aliphatic heterocycles. The number of unbranched alkanes of at least 4 members (excludes halogenated alkanes) is 13. The molecule has 0 atom stereocenters. The van der Waals surface area contributed by atoms with Crippen LogP contribution in [0.25, 0.3) is 0 Å². The molecule has 0 saturated carbocycles. The summed E-state index contributed by atoms with van der Waals surface area (Å²) >= 11 is 2.13. The van der Waals surface area contributed by atoms with Crippen LogP contribution in [0.15, 0.2) is 0 Å². The molecule has 0 fully saturated rings. The van der Waals surface area contributed by atoms with Crippen LogP contribution in [0.5, 0.6) is 0 Å². The molecular weight excluding hydrogens is 454 g/mol. The Balaban J connectivity index is -0.000000550. The number of nitrogens with zero attached hydrogens (tertiary/aromatic N) is 1. The summed E-state index contributed by atoms with van der Waals surface area (Å²) in [7, 11) is 0. The number of rotatable bonds is 25. The molecule has 0 aliphatic carbocycles. The molecule has 0 radical (unpaired) electrons. The lowest BCUT2D eigenvalue weighted by molar-refractivity contribution is -0.929. The molecule has 0 heterocycles. The first kappa shape index (κ1) is 39.1. The number of thioether (sulfide) groups is 1. The summed E-state index contributed by atoms with van der Waals surface area (Å²) < 4.78 is 1.42. The number of quaternary nitrogens is 1. The van der Waals surface area contributed by atoms with E-state index in [4.69, 9.17) is 0 Å². The van der Waals surface area contributed by atoms with Crippen molar-refractivity contribution in [3.8, 4) is 0 Å². The molecule has 0 amide bonds. The van der Waals surface area contributed by atoms with Crippen LogP contribution in [0.2, 0.25) is 0 Å². The second-order valence-electron chi connectivity index (χ2n) is 10.4. The van der Waals surface area contributed by atoms with Gasteiger partial charge in [0, 0.05) is 0 Å². The Kier molecular flexibility index (Phi) is 38.7. The minimum absolute atomic E-state index is 0. The lowest BCUT2D eigenvalue weighted by atomic mass is 10.1. The van der Waals surface area contributed by atoms with Gasteiger partial charge in [0.25, 0.3) is 0 Å². The molecule has 0 N–H and O–H groups in total. The highest BCUT2D eigenvalue weighted by atomic mass is 35.5. The van der Waals surface area contributed by atoms with Gasteiger partial charge in [-0.25, -0.2) is 0 Å². The highest BCUT2D eigenvalue weighted by molar-refractivity contribution is 7.99. The van der Waals surface area contributed by atoms with E-state index in [1.165, 1.54) is 164 Å². The molecule has 0 bridgehead atoms. The normalized spacial score (nSPS) is 11.1. The van der Waals surface area contributed by atoms with Crippen LogP contribution >= 0.6 is 11.8 Å².